The van der Waals surface area contributed by atoms with E-state index in [0.717, 1.165) is 29.2 Å². The van der Waals surface area contributed by atoms with E-state index in [-0.39, 0.29) is 0 Å². The summed E-state index contributed by atoms with van der Waals surface area (Å²) >= 11 is 5.63. The SMILES string of the molecule is S=C(NC1CC2CCC1C2)NN(Cc1ccccc1)c1ccccc1. The van der Waals surface area contributed by atoms with Gasteiger partial charge >= 0.3 is 0 Å². The van der Waals surface area contributed by atoms with Gasteiger partial charge < -0.3 is 5.32 Å². The van der Waals surface area contributed by atoms with Crippen LogP contribution in [-0.4, -0.2) is 11.2 Å². The second-order valence-corrected chi connectivity index (χ2v) is 7.68. The van der Waals surface area contributed by atoms with E-state index in [1.807, 2.05) is 12.1 Å². The standard InChI is InChI=1S/C21H25N3S/c25-21(22-20-14-17-11-12-18(20)13-17)23-24(19-9-5-2-6-10-19)15-16-7-3-1-4-8-16/h1-10,17-18,20H,11-15H2,(H2,22,23,25). The van der Waals surface area contributed by atoms with Crippen LogP contribution < -0.4 is 15.8 Å². The molecule has 0 radical (unpaired) electrons. The number of hydrogen-bond acceptors (Lipinski definition) is 2. The molecule has 0 heterocycles. The van der Waals surface area contributed by atoms with Crippen LogP contribution in [0.15, 0.2) is 60.7 Å². The number of hydrazine groups is 1. The van der Waals surface area contributed by atoms with Gasteiger partial charge in [-0.15, -0.1) is 0 Å². The summed E-state index contributed by atoms with van der Waals surface area (Å²) in [6.07, 6.45) is 5.42. The zero-order valence-corrected chi connectivity index (χ0v) is 15.2. The van der Waals surface area contributed by atoms with Crippen LogP contribution in [0.1, 0.15) is 31.2 Å². The van der Waals surface area contributed by atoms with E-state index >= 15 is 0 Å². The Kier molecular flexibility index (Phi) is 4.88. The van der Waals surface area contributed by atoms with E-state index in [9.17, 15) is 0 Å². The van der Waals surface area contributed by atoms with Gasteiger partial charge in [0, 0.05) is 6.04 Å². The van der Waals surface area contributed by atoms with Crippen LogP contribution in [0.25, 0.3) is 0 Å². The Hall–Kier alpha value is -2.07. The van der Waals surface area contributed by atoms with Gasteiger partial charge in [-0.05, 0) is 61.0 Å². The van der Waals surface area contributed by atoms with Crippen LogP contribution in [0.4, 0.5) is 5.69 Å². The molecular weight excluding hydrogens is 326 g/mol. The quantitative estimate of drug-likeness (QED) is 0.622. The average Bonchev–Trinajstić information content (AvgIpc) is 3.26. The maximum Gasteiger partial charge on any atom is 0.185 e. The molecule has 0 aromatic heterocycles. The average molecular weight is 352 g/mol. The fraction of sp³-hybridized carbons (Fsp3) is 0.381. The molecule has 4 rings (SSSR count). The Labute approximate surface area is 155 Å². The number of nitrogens with one attached hydrogen (secondary N) is 2. The highest BCUT2D eigenvalue weighted by Crippen LogP contribution is 2.44. The van der Waals surface area contributed by atoms with E-state index in [0.29, 0.717) is 6.04 Å². The number of hydrogen-bond donors (Lipinski definition) is 2. The molecule has 2 aliphatic carbocycles. The number of fused-ring (bicyclic) bond motifs is 2. The molecule has 0 saturated heterocycles. The first-order chi connectivity index (χ1) is 12.3. The van der Waals surface area contributed by atoms with Gasteiger partial charge in [0.2, 0.25) is 0 Å². The molecule has 0 spiro atoms. The summed E-state index contributed by atoms with van der Waals surface area (Å²) in [6, 6.07) is 21.4. The van der Waals surface area contributed by atoms with E-state index in [4.69, 9.17) is 12.2 Å². The Balaban J connectivity index is 1.43. The lowest BCUT2D eigenvalue weighted by Crippen LogP contribution is -2.51. The maximum atomic E-state index is 5.63. The van der Waals surface area contributed by atoms with Crippen LogP contribution in [0.2, 0.25) is 0 Å². The molecular formula is C21H25N3S. The summed E-state index contributed by atoms with van der Waals surface area (Å²) in [4.78, 5) is 0. The minimum absolute atomic E-state index is 0.549. The van der Waals surface area contributed by atoms with Crippen LogP contribution in [0.5, 0.6) is 0 Å². The fourth-order valence-corrected chi connectivity index (χ4v) is 4.58. The molecule has 2 aromatic carbocycles. The molecule has 0 amide bonds. The van der Waals surface area contributed by atoms with E-state index in [1.54, 1.807) is 0 Å². The predicted molar refractivity (Wildman–Crippen MR) is 107 cm³/mol. The van der Waals surface area contributed by atoms with Gasteiger partial charge in [0.25, 0.3) is 0 Å². The van der Waals surface area contributed by atoms with Crippen molar-refractivity contribution in [2.75, 3.05) is 5.01 Å². The highest BCUT2D eigenvalue weighted by molar-refractivity contribution is 7.80. The van der Waals surface area contributed by atoms with Crippen LogP contribution in [-0.2, 0) is 6.54 Å². The molecule has 3 nitrogen and oxygen atoms in total. The zero-order valence-electron chi connectivity index (χ0n) is 14.4. The largest absolute Gasteiger partial charge is 0.358 e. The number of benzene rings is 2. The number of rotatable bonds is 5. The molecule has 2 bridgehead atoms. The van der Waals surface area contributed by atoms with E-state index in [2.05, 4.69) is 64.3 Å². The third kappa shape index (κ3) is 3.96. The molecule has 130 valence electrons. The third-order valence-electron chi connectivity index (χ3n) is 5.54. The lowest BCUT2D eigenvalue weighted by Gasteiger charge is -2.30. The van der Waals surface area contributed by atoms with Crippen molar-refractivity contribution in [3.63, 3.8) is 0 Å². The van der Waals surface area contributed by atoms with Crippen LogP contribution in [0, 0.1) is 11.8 Å². The van der Waals surface area contributed by atoms with Crippen molar-refractivity contribution in [2.24, 2.45) is 11.8 Å². The Morgan fingerprint density at radius 2 is 1.68 bits per heavy atom. The predicted octanol–water partition coefficient (Wildman–Crippen LogP) is 4.26. The third-order valence-corrected chi connectivity index (χ3v) is 5.75. The second-order valence-electron chi connectivity index (χ2n) is 7.27. The number of para-hydroxylation sites is 1. The first kappa shape index (κ1) is 16.4. The van der Waals surface area contributed by atoms with Crippen molar-refractivity contribution in [3.8, 4) is 0 Å². The van der Waals surface area contributed by atoms with Gasteiger partial charge in [0.15, 0.2) is 5.11 Å². The van der Waals surface area contributed by atoms with E-state index < -0.39 is 0 Å². The smallest absolute Gasteiger partial charge is 0.185 e. The van der Waals surface area contributed by atoms with Gasteiger partial charge in [0.1, 0.15) is 0 Å². The minimum Gasteiger partial charge on any atom is -0.358 e. The zero-order chi connectivity index (χ0) is 17.1. The lowest BCUT2D eigenvalue weighted by molar-refractivity contribution is 0.389. The van der Waals surface area contributed by atoms with Gasteiger partial charge in [-0.2, -0.15) is 0 Å². The van der Waals surface area contributed by atoms with Gasteiger partial charge in [-0.3, -0.25) is 10.4 Å². The summed E-state index contributed by atoms with van der Waals surface area (Å²) in [5, 5.41) is 6.43. The van der Waals surface area contributed by atoms with Crippen LogP contribution >= 0.6 is 12.2 Å². The molecule has 2 saturated carbocycles. The summed E-state index contributed by atoms with van der Waals surface area (Å²) < 4.78 is 0. The number of thiocarbonyl (C=S) groups is 1. The molecule has 3 unspecified atom stereocenters. The fourth-order valence-electron chi connectivity index (χ4n) is 4.31. The molecule has 2 fully saturated rings. The Morgan fingerprint density at radius 3 is 2.32 bits per heavy atom. The molecule has 0 aliphatic heterocycles. The maximum absolute atomic E-state index is 5.63. The van der Waals surface area contributed by atoms with Gasteiger partial charge in [-0.25, -0.2) is 0 Å². The normalized spacial score (nSPS) is 24.1. The summed E-state index contributed by atoms with van der Waals surface area (Å²) in [6.45, 7) is 0.767. The lowest BCUT2D eigenvalue weighted by atomic mass is 9.96. The van der Waals surface area contributed by atoms with Crippen molar-refractivity contribution < 1.29 is 0 Å². The first-order valence-electron chi connectivity index (χ1n) is 9.21. The highest BCUT2D eigenvalue weighted by Gasteiger charge is 2.39. The monoisotopic (exact) mass is 351 g/mol. The minimum atomic E-state index is 0.549. The van der Waals surface area contributed by atoms with Gasteiger partial charge in [-0.1, -0.05) is 55.0 Å². The van der Waals surface area contributed by atoms with Crippen molar-refractivity contribution >= 4 is 23.0 Å². The number of anilines is 1. The molecule has 2 N–H and O–H groups in total. The Morgan fingerprint density at radius 1 is 0.960 bits per heavy atom. The summed E-state index contributed by atoms with van der Waals surface area (Å²) in [7, 11) is 0. The molecule has 2 aliphatic rings. The topological polar surface area (TPSA) is 27.3 Å². The summed E-state index contributed by atoms with van der Waals surface area (Å²) in [5.41, 5.74) is 5.79. The van der Waals surface area contributed by atoms with Crippen molar-refractivity contribution in [3.05, 3.63) is 66.2 Å². The van der Waals surface area contributed by atoms with Crippen molar-refractivity contribution in [2.45, 2.75) is 38.3 Å². The molecule has 3 atom stereocenters. The van der Waals surface area contributed by atoms with Crippen LogP contribution in [0.3, 0.4) is 0 Å². The van der Waals surface area contributed by atoms with Crippen molar-refractivity contribution in [1.29, 1.82) is 0 Å². The first-order valence-corrected chi connectivity index (χ1v) is 9.62. The molecule has 2 aromatic rings. The molecule has 4 heteroatoms. The van der Waals surface area contributed by atoms with E-state index in [1.165, 1.54) is 31.2 Å². The van der Waals surface area contributed by atoms with Crippen molar-refractivity contribution in [1.82, 2.24) is 10.7 Å². The highest BCUT2D eigenvalue weighted by atomic mass is 32.1. The Bertz CT molecular complexity index is 704. The summed E-state index contributed by atoms with van der Waals surface area (Å²) in [5.74, 6) is 1.73. The number of nitrogens with zero attached hydrogens (tertiary/aromatic N) is 1. The van der Waals surface area contributed by atoms with Gasteiger partial charge in [0.05, 0.1) is 12.2 Å². The molecule has 25 heavy (non-hydrogen) atoms. The second kappa shape index (κ2) is 7.44.